The van der Waals surface area contributed by atoms with E-state index in [4.69, 9.17) is 27.6 Å². The summed E-state index contributed by atoms with van der Waals surface area (Å²) in [5, 5.41) is 2.45. The van der Waals surface area contributed by atoms with Crippen molar-refractivity contribution in [2.24, 2.45) is 0 Å². The van der Waals surface area contributed by atoms with Crippen LogP contribution in [0.15, 0.2) is 82.2 Å². The molecule has 0 aliphatic rings. The number of furan rings is 1. The normalized spacial score (nSPS) is 11.8. The first-order valence-electron chi connectivity index (χ1n) is 11.2. The molecule has 1 N–H and O–H groups in total. The summed E-state index contributed by atoms with van der Waals surface area (Å²) < 4.78 is 34.4. The van der Waals surface area contributed by atoms with Crippen molar-refractivity contribution in [3.8, 4) is 0 Å². The number of nitrogens with one attached hydrogen (secondary N) is 1. The highest BCUT2D eigenvalue weighted by Gasteiger charge is 2.23. The summed E-state index contributed by atoms with van der Waals surface area (Å²) in [6, 6.07) is 18.4. The van der Waals surface area contributed by atoms with E-state index in [1.54, 1.807) is 48.5 Å². The number of aromatic nitrogens is 1. The molecule has 1 amide bonds. The van der Waals surface area contributed by atoms with Gasteiger partial charge < -0.3 is 4.42 Å². The molecular formula is C27H20Cl2N2O4S. The Labute approximate surface area is 217 Å². The molecule has 2 aromatic heterocycles. The fourth-order valence-corrected chi connectivity index (χ4v) is 5.83. The zero-order chi connectivity index (χ0) is 25.4. The van der Waals surface area contributed by atoms with Crippen molar-refractivity contribution in [3.05, 3.63) is 105 Å². The zero-order valence-electron chi connectivity index (χ0n) is 19.1. The quantitative estimate of drug-likeness (QED) is 0.264. The maximum Gasteiger partial charge on any atom is 0.266 e. The standard InChI is InChI=1S/C27H20Cl2N2O4S/c1-2-23-20(13-17-8-10-19(28)15-22(17)29)21-14-18(9-11-24(21)35-23)27(32)31-36(33,34)25-7-3-5-16-6-4-12-30-26(16)25/h3-12,14-15H,2,13H2,1H3,(H,31,32). The minimum absolute atomic E-state index is 0.0651. The van der Waals surface area contributed by atoms with Crippen LogP contribution >= 0.6 is 23.2 Å². The highest BCUT2D eigenvalue weighted by molar-refractivity contribution is 7.90. The lowest BCUT2D eigenvalue weighted by Crippen LogP contribution is -2.30. The number of sulfonamides is 1. The molecule has 0 fully saturated rings. The van der Waals surface area contributed by atoms with Crippen LogP contribution in [-0.4, -0.2) is 19.3 Å². The van der Waals surface area contributed by atoms with Gasteiger partial charge in [-0.1, -0.05) is 54.4 Å². The molecule has 36 heavy (non-hydrogen) atoms. The van der Waals surface area contributed by atoms with Crippen LogP contribution in [0.2, 0.25) is 10.0 Å². The Bertz CT molecular complexity index is 1740. The Morgan fingerprint density at radius 1 is 1.03 bits per heavy atom. The van der Waals surface area contributed by atoms with Crippen LogP contribution in [0, 0.1) is 0 Å². The lowest BCUT2D eigenvalue weighted by atomic mass is 9.99. The van der Waals surface area contributed by atoms with E-state index in [1.165, 1.54) is 18.3 Å². The van der Waals surface area contributed by atoms with Crippen LogP contribution in [0.25, 0.3) is 21.9 Å². The van der Waals surface area contributed by atoms with Crippen molar-refractivity contribution >= 4 is 61.0 Å². The Balaban J connectivity index is 1.51. The molecule has 5 rings (SSSR count). The minimum Gasteiger partial charge on any atom is -0.461 e. The van der Waals surface area contributed by atoms with E-state index in [0.717, 1.165) is 22.3 Å². The van der Waals surface area contributed by atoms with Gasteiger partial charge in [0.1, 0.15) is 16.2 Å². The number of rotatable bonds is 6. The molecule has 182 valence electrons. The Kier molecular flexibility index (Phi) is 6.47. The van der Waals surface area contributed by atoms with Crippen molar-refractivity contribution in [1.82, 2.24) is 9.71 Å². The summed E-state index contributed by atoms with van der Waals surface area (Å²) in [5.41, 5.74) is 2.82. The maximum atomic E-state index is 13.1. The molecule has 6 nitrogen and oxygen atoms in total. The molecular weight excluding hydrogens is 519 g/mol. The average molecular weight is 539 g/mol. The summed E-state index contributed by atoms with van der Waals surface area (Å²) in [4.78, 5) is 17.2. The fraction of sp³-hybridized carbons (Fsp3) is 0.111. The van der Waals surface area contributed by atoms with E-state index in [9.17, 15) is 13.2 Å². The largest absolute Gasteiger partial charge is 0.461 e. The van der Waals surface area contributed by atoms with Crippen LogP contribution in [0.5, 0.6) is 0 Å². The molecule has 2 heterocycles. The predicted molar refractivity (Wildman–Crippen MR) is 141 cm³/mol. The number of carbonyl (C=O) groups excluding carboxylic acids is 1. The van der Waals surface area contributed by atoms with Crippen LogP contribution in [0.3, 0.4) is 0 Å². The number of amides is 1. The molecule has 0 atom stereocenters. The molecule has 5 aromatic rings. The van der Waals surface area contributed by atoms with Crippen molar-refractivity contribution in [1.29, 1.82) is 0 Å². The van der Waals surface area contributed by atoms with Gasteiger partial charge in [0.2, 0.25) is 0 Å². The van der Waals surface area contributed by atoms with Gasteiger partial charge in [0.25, 0.3) is 15.9 Å². The third-order valence-electron chi connectivity index (χ3n) is 5.95. The first kappa shape index (κ1) is 24.3. The second-order valence-electron chi connectivity index (χ2n) is 8.25. The van der Waals surface area contributed by atoms with Gasteiger partial charge in [-0.2, -0.15) is 0 Å². The third kappa shape index (κ3) is 4.57. The van der Waals surface area contributed by atoms with Gasteiger partial charge in [-0.05, 0) is 48.0 Å². The van der Waals surface area contributed by atoms with Gasteiger partial charge in [-0.3, -0.25) is 9.78 Å². The van der Waals surface area contributed by atoms with E-state index in [-0.39, 0.29) is 10.5 Å². The predicted octanol–water partition coefficient (Wildman–Crippen LogP) is 6.56. The number of carbonyl (C=O) groups is 1. The SMILES string of the molecule is CCc1oc2ccc(C(=O)NS(=O)(=O)c3cccc4cccnc34)cc2c1Cc1ccc(Cl)cc1Cl. The number of pyridine rings is 1. The summed E-state index contributed by atoms with van der Waals surface area (Å²) >= 11 is 12.4. The van der Waals surface area contributed by atoms with Crippen LogP contribution in [0.4, 0.5) is 0 Å². The number of benzene rings is 3. The lowest BCUT2D eigenvalue weighted by molar-refractivity contribution is 0.0981. The first-order valence-corrected chi connectivity index (χ1v) is 13.4. The minimum atomic E-state index is -4.17. The number of fused-ring (bicyclic) bond motifs is 2. The van der Waals surface area contributed by atoms with E-state index in [2.05, 4.69) is 9.71 Å². The number of para-hydroxylation sites is 1. The van der Waals surface area contributed by atoms with Crippen molar-refractivity contribution in [2.45, 2.75) is 24.7 Å². The van der Waals surface area contributed by atoms with E-state index < -0.39 is 15.9 Å². The zero-order valence-corrected chi connectivity index (χ0v) is 21.4. The second kappa shape index (κ2) is 9.58. The molecule has 0 aliphatic heterocycles. The molecule has 0 saturated carbocycles. The molecule has 0 spiro atoms. The highest BCUT2D eigenvalue weighted by Crippen LogP contribution is 2.32. The Morgan fingerprint density at radius 3 is 2.61 bits per heavy atom. The summed E-state index contributed by atoms with van der Waals surface area (Å²) in [6.07, 6.45) is 2.62. The molecule has 0 radical (unpaired) electrons. The van der Waals surface area contributed by atoms with E-state index >= 15 is 0 Å². The van der Waals surface area contributed by atoms with Gasteiger partial charge >= 0.3 is 0 Å². The topological polar surface area (TPSA) is 89.3 Å². The number of hydrogen-bond donors (Lipinski definition) is 1. The Morgan fingerprint density at radius 2 is 1.83 bits per heavy atom. The van der Waals surface area contributed by atoms with Crippen LogP contribution in [-0.2, 0) is 22.9 Å². The molecule has 0 bridgehead atoms. The monoisotopic (exact) mass is 538 g/mol. The molecule has 3 aromatic carbocycles. The smallest absolute Gasteiger partial charge is 0.266 e. The average Bonchev–Trinajstić information content (AvgIpc) is 3.21. The fourth-order valence-electron chi connectivity index (χ4n) is 4.20. The molecule has 0 aliphatic carbocycles. The number of aryl methyl sites for hydroxylation is 1. The van der Waals surface area contributed by atoms with Crippen molar-refractivity contribution in [3.63, 3.8) is 0 Å². The summed E-state index contributed by atoms with van der Waals surface area (Å²) in [5.74, 6) is 0.0163. The molecule has 0 unspecified atom stereocenters. The van der Waals surface area contributed by atoms with Crippen molar-refractivity contribution in [2.75, 3.05) is 0 Å². The number of hydrogen-bond acceptors (Lipinski definition) is 5. The number of halogens is 2. The lowest BCUT2D eigenvalue weighted by Gasteiger charge is -2.09. The van der Waals surface area contributed by atoms with E-state index in [0.29, 0.717) is 39.4 Å². The first-order chi connectivity index (χ1) is 17.3. The van der Waals surface area contributed by atoms with Gasteiger partial charge in [-0.25, -0.2) is 13.1 Å². The summed E-state index contributed by atoms with van der Waals surface area (Å²) in [7, 11) is -4.17. The van der Waals surface area contributed by atoms with Crippen LogP contribution < -0.4 is 4.72 Å². The summed E-state index contributed by atoms with van der Waals surface area (Å²) in [6.45, 7) is 1.98. The number of nitrogens with zero attached hydrogens (tertiary/aromatic N) is 1. The highest BCUT2D eigenvalue weighted by atomic mass is 35.5. The second-order valence-corrected chi connectivity index (χ2v) is 10.7. The molecule has 0 saturated heterocycles. The maximum absolute atomic E-state index is 13.1. The van der Waals surface area contributed by atoms with Crippen LogP contribution in [0.1, 0.15) is 34.2 Å². The van der Waals surface area contributed by atoms with Crippen molar-refractivity contribution < 1.29 is 17.6 Å². The Hall–Kier alpha value is -3.39. The van der Waals surface area contributed by atoms with Gasteiger partial charge in [0.05, 0.1) is 5.52 Å². The van der Waals surface area contributed by atoms with Gasteiger partial charge in [0.15, 0.2) is 0 Å². The van der Waals surface area contributed by atoms with Gasteiger partial charge in [-0.15, -0.1) is 0 Å². The molecule has 9 heteroatoms. The third-order valence-corrected chi connectivity index (χ3v) is 7.90. The van der Waals surface area contributed by atoms with E-state index in [1.807, 2.05) is 13.0 Å². The van der Waals surface area contributed by atoms with Gasteiger partial charge in [0, 0.05) is 51.0 Å².